The fourth-order valence-corrected chi connectivity index (χ4v) is 3.37. The maximum atomic E-state index is 12.5. The molecule has 0 spiro atoms. The predicted molar refractivity (Wildman–Crippen MR) is 109 cm³/mol. The maximum absolute atomic E-state index is 12.5. The summed E-state index contributed by atoms with van der Waals surface area (Å²) in [4.78, 5) is 25.2. The molecule has 7 heteroatoms. The van der Waals surface area contributed by atoms with Crippen LogP contribution in [0.3, 0.4) is 0 Å². The van der Waals surface area contributed by atoms with Crippen LogP contribution in [-0.4, -0.2) is 25.0 Å². The highest BCUT2D eigenvalue weighted by Gasteiger charge is 2.13. The fourth-order valence-electron chi connectivity index (χ4n) is 2.75. The Balaban J connectivity index is 1.41. The van der Waals surface area contributed by atoms with Gasteiger partial charge in [0.05, 0.1) is 18.1 Å². The van der Waals surface area contributed by atoms with Crippen molar-refractivity contribution in [2.45, 2.75) is 6.42 Å². The Labute approximate surface area is 166 Å². The van der Waals surface area contributed by atoms with Gasteiger partial charge >= 0.3 is 0 Å². The summed E-state index contributed by atoms with van der Waals surface area (Å²) in [5, 5.41) is 7.51. The first-order valence-electron chi connectivity index (χ1n) is 8.85. The van der Waals surface area contributed by atoms with Gasteiger partial charge in [-0.25, -0.2) is 0 Å². The molecular weight excluding hydrogens is 376 g/mol. The van der Waals surface area contributed by atoms with Crippen LogP contribution in [0.4, 0.5) is 11.4 Å². The molecule has 28 heavy (non-hydrogen) atoms. The zero-order valence-electron chi connectivity index (χ0n) is 14.9. The average molecular weight is 394 g/mol. The lowest BCUT2D eigenvalue weighted by atomic mass is 10.2. The molecule has 2 aromatic carbocycles. The number of thiophene rings is 1. The number of carbonyl (C=O) groups is 2. The van der Waals surface area contributed by atoms with Gasteiger partial charge in [0.1, 0.15) is 0 Å². The third-order valence-corrected chi connectivity index (χ3v) is 5.02. The molecule has 4 rings (SSSR count). The standard InChI is InChI=1S/C21H18N2O4S/c24-20(23-16-8-9-17-18(13-16)27-11-2-10-26-17)14-4-6-15(7-5-14)22-21(25)19-3-1-12-28-19/h1,3-9,12-13H,2,10-11H2,(H,22,25)(H,23,24). The number of hydrogen-bond acceptors (Lipinski definition) is 5. The molecule has 6 nitrogen and oxygen atoms in total. The molecule has 142 valence electrons. The van der Waals surface area contributed by atoms with Crippen molar-refractivity contribution in [1.29, 1.82) is 0 Å². The molecule has 0 saturated carbocycles. The predicted octanol–water partition coefficient (Wildman–Crippen LogP) is 4.41. The van der Waals surface area contributed by atoms with Gasteiger partial charge in [0, 0.05) is 29.4 Å². The number of benzene rings is 2. The van der Waals surface area contributed by atoms with Gasteiger partial charge in [0.2, 0.25) is 0 Å². The molecule has 0 aliphatic carbocycles. The quantitative estimate of drug-likeness (QED) is 0.687. The minimum Gasteiger partial charge on any atom is -0.490 e. The second-order valence-corrected chi connectivity index (χ2v) is 7.12. The second kappa shape index (κ2) is 8.14. The topological polar surface area (TPSA) is 76.7 Å². The number of ether oxygens (including phenoxy) is 2. The smallest absolute Gasteiger partial charge is 0.265 e. The highest BCUT2D eigenvalue weighted by atomic mass is 32.1. The van der Waals surface area contributed by atoms with Crippen molar-refractivity contribution in [2.24, 2.45) is 0 Å². The summed E-state index contributed by atoms with van der Waals surface area (Å²) in [6.07, 6.45) is 0.825. The van der Waals surface area contributed by atoms with E-state index < -0.39 is 0 Å². The number of rotatable bonds is 4. The molecule has 0 atom stereocenters. The molecule has 3 aromatic rings. The first-order chi connectivity index (χ1) is 13.7. The number of nitrogens with one attached hydrogen (secondary N) is 2. The van der Waals surface area contributed by atoms with Crippen LogP contribution in [0, 0.1) is 0 Å². The summed E-state index contributed by atoms with van der Waals surface area (Å²) in [5.41, 5.74) is 1.75. The number of anilines is 2. The van der Waals surface area contributed by atoms with Crippen LogP contribution in [0.25, 0.3) is 0 Å². The molecule has 1 aromatic heterocycles. The van der Waals surface area contributed by atoms with E-state index in [1.807, 2.05) is 11.4 Å². The summed E-state index contributed by atoms with van der Waals surface area (Å²) >= 11 is 1.38. The number of fused-ring (bicyclic) bond motifs is 1. The molecule has 2 heterocycles. The van der Waals surface area contributed by atoms with E-state index in [9.17, 15) is 9.59 Å². The van der Waals surface area contributed by atoms with E-state index in [4.69, 9.17) is 9.47 Å². The summed E-state index contributed by atoms with van der Waals surface area (Å²) in [7, 11) is 0. The summed E-state index contributed by atoms with van der Waals surface area (Å²) in [5.74, 6) is 0.897. The molecular formula is C21H18N2O4S. The van der Waals surface area contributed by atoms with E-state index >= 15 is 0 Å². The first-order valence-corrected chi connectivity index (χ1v) is 9.73. The third-order valence-electron chi connectivity index (χ3n) is 4.16. The number of carbonyl (C=O) groups excluding carboxylic acids is 2. The van der Waals surface area contributed by atoms with Crippen molar-refractivity contribution >= 4 is 34.5 Å². The van der Waals surface area contributed by atoms with Crippen molar-refractivity contribution in [1.82, 2.24) is 0 Å². The Hall–Kier alpha value is -3.32. The molecule has 0 unspecified atom stereocenters. The van der Waals surface area contributed by atoms with Crippen molar-refractivity contribution < 1.29 is 19.1 Å². The van der Waals surface area contributed by atoms with Gasteiger partial charge in [-0.05, 0) is 47.8 Å². The monoisotopic (exact) mass is 394 g/mol. The summed E-state index contributed by atoms with van der Waals surface area (Å²) < 4.78 is 11.2. The van der Waals surface area contributed by atoms with Gasteiger partial charge in [-0.15, -0.1) is 11.3 Å². The van der Waals surface area contributed by atoms with Crippen LogP contribution < -0.4 is 20.1 Å². The van der Waals surface area contributed by atoms with Gasteiger partial charge in [0.25, 0.3) is 11.8 Å². The maximum Gasteiger partial charge on any atom is 0.265 e. The zero-order valence-corrected chi connectivity index (χ0v) is 15.8. The van der Waals surface area contributed by atoms with Crippen LogP contribution >= 0.6 is 11.3 Å². The molecule has 0 bridgehead atoms. The molecule has 0 fully saturated rings. The summed E-state index contributed by atoms with van der Waals surface area (Å²) in [6.45, 7) is 1.21. The van der Waals surface area contributed by atoms with E-state index in [1.165, 1.54) is 11.3 Å². The van der Waals surface area contributed by atoms with E-state index in [1.54, 1.807) is 48.5 Å². The van der Waals surface area contributed by atoms with Crippen LogP contribution in [-0.2, 0) is 0 Å². The zero-order chi connectivity index (χ0) is 19.3. The van der Waals surface area contributed by atoms with Gasteiger partial charge < -0.3 is 20.1 Å². The molecule has 1 aliphatic rings. The number of hydrogen-bond donors (Lipinski definition) is 2. The van der Waals surface area contributed by atoms with Crippen LogP contribution in [0.15, 0.2) is 60.0 Å². The SMILES string of the molecule is O=C(Nc1ccc2c(c1)OCCCO2)c1ccc(NC(=O)c2cccs2)cc1. The van der Waals surface area contributed by atoms with Crippen molar-refractivity contribution in [3.63, 3.8) is 0 Å². The summed E-state index contributed by atoms with van der Waals surface area (Å²) in [6, 6.07) is 15.7. The Morgan fingerprint density at radius 2 is 1.54 bits per heavy atom. The average Bonchev–Trinajstić information content (AvgIpc) is 3.15. The van der Waals surface area contributed by atoms with Gasteiger partial charge in [0.15, 0.2) is 11.5 Å². The highest BCUT2D eigenvalue weighted by molar-refractivity contribution is 7.12. The lowest BCUT2D eigenvalue weighted by molar-refractivity contribution is 0.102. The van der Waals surface area contributed by atoms with Crippen LogP contribution in [0.2, 0.25) is 0 Å². The van der Waals surface area contributed by atoms with Crippen molar-refractivity contribution in [3.8, 4) is 11.5 Å². The fraction of sp³-hybridized carbons (Fsp3) is 0.143. The second-order valence-electron chi connectivity index (χ2n) is 6.17. The highest BCUT2D eigenvalue weighted by Crippen LogP contribution is 2.32. The Kier molecular flexibility index (Phi) is 5.25. The molecule has 1 aliphatic heterocycles. The van der Waals surface area contributed by atoms with Crippen LogP contribution in [0.1, 0.15) is 26.5 Å². The van der Waals surface area contributed by atoms with E-state index in [0.717, 1.165) is 6.42 Å². The minimum absolute atomic E-state index is 0.167. The lowest BCUT2D eigenvalue weighted by Crippen LogP contribution is -2.13. The Morgan fingerprint density at radius 1 is 0.821 bits per heavy atom. The Morgan fingerprint density at radius 3 is 2.29 bits per heavy atom. The molecule has 0 saturated heterocycles. The molecule has 2 amide bonds. The van der Waals surface area contributed by atoms with E-state index in [2.05, 4.69) is 10.6 Å². The lowest BCUT2D eigenvalue weighted by Gasteiger charge is -2.11. The number of amides is 2. The first kappa shape index (κ1) is 18.1. The van der Waals surface area contributed by atoms with Crippen molar-refractivity contribution in [2.75, 3.05) is 23.8 Å². The Bertz CT molecular complexity index is 984. The minimum atomic E-state index is -0.245. The van der Waals surface area contributed by atoms with Crippen molar-refractivity contribution in [3.05, 3.63) is 70.4 Å². The largest absolute Gasteiger partial charge is 0.490 e. The molecule has 0 radical (unpaired) electrons. The van der Waals surface area contributed by atoms with Crippen LogP contribution in [0.5, 0.6) is 11.5 Å². The van der Waals surface area contributed by atoms with Gasteiger partial charge in [-0.1, -0.05) is 6.07 Å². The van der Waals surface area contributed by atoms with E-state index in [0.29, 0.717) is 46.5 Å². The molecule has 2 N–H and O–H groups in total. The van der Waals surface area contributed by atoms with Gasteiger partial charge in [-0.3, -0.25) is 9.59 Å². The van der Waals surface area contributed by atoms with E-state index in [-0.39, 0.29) is 11.8 Å². The van der Waals surface area contributed by atoms with Gasteiger partial charge in [-0.2, -0.15) is 0 Å². The normalized spacial score (nSPS) is 12.7. The third kappa shape index (κ3) is 4.15.